The minimum Gasteiger partial charge on any atom is -0.481 e. The number of benzene rings is 1. The van der Waals surface area contributed by atoms with Gasteiger partial charge in [-0.1, -0.05) is 11.6 Å². The van der Waals surface area contributed by atoms with Gasteiger partial charge < -0.3 is 21.1 Å². The second kappa shape index (κ2) is 7.95. The number of nitrogens with one attached hydrogen (secondary N) is 3. The lowest BCUT2D eigenvalue weighted by atomic mass is 10.1. The van der Waals surface area contributed by atoms with Crippen LogP contribution in [0.5, 0.6) is 0 Å². The SMILES string of the molecule is CC(C)(C)NC(=O)Nc1ccc(Cl)c(C(=O)N[C@H]2CC[C@@H](C(=O)O)C2)c1. The van der Waals surface area contributed by atoms with Crippen LogP contribution in [0.1, 0.15) is 50.4 Å². The first-order valence-electron chi connectivity index (χ1n) is 8.47. The first-order valence-corrected chi connectivity index (χ1v) is 8.85. The van der Waals surface area contributed by atoms with Crippen molar-refractivity contribution in [3.63, 3.8) is 0 Å². The number of halogens is 1. The Morgan fingerprint density at radius 1 is 1.19 bits per heavy atom. The molecule has 0 unspecified atom stereocenters. The monoisotopic (exact) mass is 381 g/mol. The summed E-state index contributed by atoms with van der Waals surface area (Å²) >= 11 is 6.12. The number of carbonyl (C=O) groups excluding carboxylic acids is 2. The summed E-state index contributed by atoms with van der Waals surface area (Å²) in [6.07, 6.45) is 1.57. The van der Waals surface area contributed by atoms with Gasteiger partial charge >= 0.3 is 12.0 Å². The van der Waals surface area contributed by atoms with Crippen LogP contribution in [-0.4, -0.2) is 34.6 Å². The largest absolute Gasteiger partial charge is 0.481 e. The van der Waals surface area contributed by atoms with Crippen molar-refractivity contribution >= 4 is 35.2 Å². The number of carboxylic acid groups (broad SMARTS) is 1. The highest BCUT2D eigenvalue weighted by atomic mass is 35.5. The van der Waals surface area contributed by atoms with E-state index in [0.717, 1.165) is 0 Å². The van der Waals surface area contributed by atoms with Crippen molar-refractivity contribution in [1.29, 1.82) is 0 Å². The summed E-state index contributed by atoms with van der Waals surface area (Å²) in [6.45, 7) is 5.58. The third-order valence-corrected chi connectivity index (χ3v) is 4.40. The lowest BCUT2D eigenvalue weighted by Crippen LogP contribution is -2.43. The molecule has 1 aliphatic carbocycles. The minimum absolute atomic E-state index is 0.194. The van der Waals surface area contributed by atoms with Gasteiger partial charge in [-0.15, -0.1) is 0 Å². The highest BCUT2D eigenvalue weighted by Crippen LogP contribution is 2.27. The number of hydrogen-bond donors (Lipinski definition) is 4. The third-order valence-electron chi connectivity index (χ3n) is 4.07. The Morgan fingerprint density at radius 3 is 2.46 bits per heavy atom. The molecular formula is C18H24ClN3O4. The van der Waals surface area contributed by atoms with Crippen LogP contribution >= 0.6 is 11.6 Å². The number of rotatable bonds is 4. The van der Waals surface area contributed by atoms with Gasteiger partial charge in [-0.05, 0) is 58.2 Å². The predicted molar refractivity (Wildman–Crippen MR) is 99.6 cm³/mol. The number of urea groups is 1. The van der Waals surface area contributed by atoms with Gasteiger partial charge in [0, 0.05) is 17.3 Å². The minimum atomic E-state index is -0.837. The molecule has 0 bridgehead atoms. The van der Waals surface area contributed by atoms with E-state index in [4.69, 9.17) is 16.7 Å². The van der Waals surface area contributed by atoms with Crippen LogP contribution in [0.25, 0.3) is 0 Å². The number of hydrogen-bond acceptors (Lipinski definition) is 3. The molecule has 1 saturated carbocycles. The van der Waals surface area contributed by atoms with Crippen molar-refractivity contribution in [2.45, 2.75) is 51.6 Å². The molecule has 26 heavy (non-hydrogen) atoms. The molecule has 0 aromatic heterocycles. The molecule has 0 radical (unpaired) electrons. The summed E-state index contributed by atoms with van der Waals surface area (Å²) < 4.78 is 0. The number of amides is 3. The van der Waals surface area contributed by atoms with E-state index in [1.54, 1.807) is 6.07 Å². The van der Waals surface area contributed by atoms with Crippen molar-refractivity contribution < 1.29 is 19.5 Å². The number of carbonyl (C=O) groups is 3. The summed E-state index contributed by atoms with van der Waals surface area (Å²) in [5.74, 6) is -1.65. The zero-order chi connectivity index (χ0) is 19.5. The summed E-state index contributed by atoms with van der Waals surface area (Å²) in [5.41, 5.74) is 0.287. The Morgan fingerprint density at radius 2 is 1.88 bits per heavy atom. The molecule has 0 spiro atoms. The molecule has 0 heterocycles. The van der Waals surface area contributed by atoms with Crippen molar-refractivity contribution in [2.24, 2.45) is 5.92 Å². The van der Waals surface area contributed by atoms with Gasteiger partial charge in [-0.3, -0.25) is 9.59 Å². The van der Waals surface area contributed by atoms with E-state index in [1.165, 1.54) is 12.1 Å². The topological polar surface area (TPSA) is 108 Å². The van der Waals surface area contributed by atoms with E-state index in [1.807, 2.05) is 20.8 Å². The first-order chi connectivity index (χ1) is 12.0. The van der Waals surface area contributed by atoms with E-state index in [-0.39, 0.29) is 34.1 Å². The van der Waals surface area contributed by atoms with Crippen LogP contribution in [0.3, 0.4) is 0 Å². The highest BCUT2D eigenvalue weighted by molar-refractivity contribution is 6.34. The Bertz CT molecular complexity index is 715. The number of anilines is 1. The Hall–Kier alpha value is -2.28. The molecule has 2 atom stereocenters. The lowest BCUT2D eigenvalue weighted by Gasteiger charge is -2.21. The molecule has 1 fully saturated rings. The van der Waals surface area contributed by atoms with Crippen LogP contribution < -0.4 is 16.0 Å². The van der Waals surface area contributed by atoms with E-state index in [9.17, 15) is 14.4 Å². The average molecular weight is 382 g/mol. The van der Waals surface area contributed by atoms with Crippen LogP contribution in [-0.2, 0) is 4.79 Å². The van der Waals surface area contributed by atoms with Gasteiger partial charge in [0.1, 0.15) is 0 Å². The van der Waals surface area contributed by atoms with E-state index >= 15 is 0 Å². The molecule has 3 amide bonds. The molecule has 1 aromatic rings. The molecule has 1 aliphatic rings. The Labute approximate surface area is 157 Å². The third kappa shape index (κ3) is 5.62. The van der Waals surface area contributed by atoms with Crippen LogP contribution in [0.4, 0.5) is 10.5 Å². The zero-order valence-corrected chi connectivity index (χ0v) is 15.8. The van der Waals surface area contributed by atoms with Gasteiger partial charge in [0.05, 0.1) is 16.5 Å². The molecule has 4 N–H and O–H groups in total. The fraction of sp³-hybridized carbons (Fsp3) is 0.500. The molecule has 8 heteroatoms. The lowest BCUT2D eigenvalue weighted by molar-refractivity contribution is -0.141. The molecule has 142 valence electrons. The summed E-state index contributed by atoms with van der Waals surface area (Å²) in [4.78, 5) is 35.5. The van der Waals surface area contributed by atoms with Crippen LogP contribution in [0.2, 0.25) is 5.02 Å². The predicted octanol–water partition coefficient (Wildman–Crippen LogP) is 3.24. The van der Waals surface area contributed by atoms with E-state index in [2.05, 4.69) is 16.0 Å². The number of aliphatic carboxylic acids is 1. The van der Waals surface area contributed by atoms with E-state index < -0.39 is 11.9 Å². The quantitative estimate of drug-likeness (QED) is 0.642. The van der Waals surface area contributed by atoms with Gasteiger partial charge in [-0.25, -0.2) is 4.79 Å². The Kier molecular flexibility index (Phi) is 6.13. The van der Waals surface area contributed by atoms with Crippen molar-refractivity contribution in [1.82, 2.24) is 10.6 Å². The van der Waals surface area contributed by atoms with Gasteiger partial charge in [0.25, 0.3) is 5.91 Å². The van der Waals surface area contributed by atoms with E-state index in [0.29, 0.717) is 24.9 Å². The van der Waals surface area contributed by atoms with Crippen LogP contribution in [0.15, 0.2) is 18.2 Å². The zero-order valence-electron chi connectivity index (χ0n) is 15.1. The molecule has 0 aliphatic heterocycles. The summed E-state index contributed by atoms with van der Waals surface area (Å²) in [5, 5.41) is 17.6. The second-order valence-electron chi connectivity index (χ2n) is 7.54. The molecule has 2 rings (SSSR count). The standard InChI is InChI=1S/C18H24ClN3O4/c1-18(2,3)22-17(26)21-12-6-7-14(19)13(9-12)15(23)20-11-5-4-10(8-11)16(24)25/h6-7,9-11H,4-5,8H2,1-3H3,(H,20,23)(H,24,25)(H2,21,22,26)/t10-,11+/m1/s1. The molecule has 0 saturated heterocycles. The van der Waals surface area contributed by atoms with Gasteiger partial charge in [0.15, 0.2) is 0 Å². The summed E-state index contributed by atoms with van der Waals surface area (Å²) in [7, 11) is 0. The fourth-order valence-corrected chi connectivity index (χ4v) is 3.08. The van der Waals surface area contributed by atoms with Gasteiger partial charge in [-0.2, -0.15) is 0 Å². The molecule has 7 nitrogen and oxygen atoms in total. The normalized spacial score (nSPS) is 19.7. The van der Waals surface area contributed by atoms with Gasteiger partial charge in [0.2, 0.25) is 0 Å². The maximum Gasteiger partial charge on any atom is 0.319 e. The summed E-state index contributed by atoms with van der Waals surface area (Å²) in [6, 6.07) is 4.07. The number of carboxylic acids is 1. The van der Waals surface area contributed by atoms with Crippen LogP contribution in [0, 0.1) is 5.92 Å². The average Bonchev–Trinajstić information content (AvgIpc) is 2.96. The maximum absolute atomic E-state index is 12.5. The van der Waals surface area contributed by atoms with Crippen molar-refractivity contribution in [3.05, 3.63) is 28.8 Å². The Balaban J connectivity index is 2.03. The smallest absolute Gasteiger partial charge is 0.319 e. The first kappa shape index (κ1) is 20.0. The highest BCUT2D eigenvalue weighted by Gasteiger charge is 2.31. The molecule has 1 aromatic carbocycles. The van der Waals surface area contributed by atoms with Crippen molar-refractivity contribution in [2.75, 3.05) is 5.32 Å². The van der Waals surface area contributed by atoms with Crippen molar-refractivity contribution in [3.8, 4) is 0 Å². The maximum atomic E-state index is 12.5. The second-order valence-corrected chi connectivity index (χ2v) is 7.95. The fourth-order valence-electron chi connectivity index (χ4n) is 2.88. The molecular weight excluding hydrogens is 358 g/mol.